The van der Waals surface area contributed by atoms with Crippen LogP contribution in [0.4, 0.5) is 11.5 Å². The molecule has 5 aromatic rings. The van der Waals surface area contributed by atoms with Gasteiger partial charge in [-0.3, -0.25) is 9.50 Å². The number of H-pyrrole nitrogens is 1. The zero-order chi connectivity index (χ0) is 18.4. The van der Waals surface area contributed by atoms with E-state index in [0.717, 1.165) is 45.0 Å². The summed E-state index contributed by atoms with van der Waals surface area (Å²) in [5.74, 6) is 0.954. The number of nitrogens with one attached hydrogen (secondary N) is 2. The van der Waals surface area contributed by atoms with Gasteiger partial charge in [-0.2, -0.15) is 5.10 Å². The number of aromatic nitrogens is 4. The lowest BCUT2D eigenvalue weighted by Gasteiger charge is -2.09. The molecule has 0 spiro atoms. The van der Waals surface area contributed by atoms with Crippen molar-refractivity contribution in [3.05, 3.63) is 78.1 Å². The van der Waals surface area contributed by atoms with Crippen molar-refractivity contribution in [3.8, 4) is 11.3 Å². The van der Waals surface area contributed by atoms with Crippen molar-refractivity contribution in [3.63, 3.8) is 0 Å². The molecule has 0 unspecified atom stereocenters. The van der Waals surface area contributed by atoms with E-state index in [4.69, 9.17) is 4.98 Å². The SMILES string of the molecule is Cc1ccc(Nc2c(-c3ccc4n[nH]c(C)c4c3)nc3ccccn23)cc1. The number of pyridine rings is 1. The molecule has 0 aliphatic rings. The van der Waals surface area contributed by atoms with Crippen LogP contribution in [0.25, 0.3) is 27.8 Å². The number of aryl methyl sites for hydroxylation is 2. The number of imidazole rings is 1. The van der Waals surface area contributed by atoms with Gasteiger partial charge in [0.05, 0.1) is 5.52 Å². The third-order valence-electron chi connectivity index (χ3n) is 4.86. The summed E-state index contributed by atoms with van der Waals surface area (Å²) in [5.41, 5.74) is 7.19. The van der Waals surface area contributed by atoms with Crippen LogP contribution in [0, 0.1) is 13.8 Å². The fourth-order valence-corrected chi connectivity index (χ4v) is 3.38. The van der Waals surface area contributed by atoms with E-state index in [0.29, 0.717) is 0 Å². The summed E-state index contributed by atoms with van der Waals surface area (Å²) < 4.78 is 2.08. The number of nitrogens with zero attached hydrogens (tertiary/aromatic N) is 3. The molecule has 3 aromatic heterocycles. The van der Waals surface area contributed by atoms with Crippen LogP contribution in [-0.4, -0.2) is 19.6 Å². The Bertz CT molecular complexity index is 1260. The van der Waals surface area contributed by atoms with Crippen molar-refractivity contribution in [2.24, 2.45) is 0 Å². The van der Waals surface area contributed by atoms with E-state index in [1.807, 2.05) is 37.4 Å². The average molecular weight is 353 g/mol. The Morgan fingerprint density at radius 2 is 1.81 bits per heavy atom. The molecule has 0 amide bonds. The lowest BCUT2D eigenvalue weighted by atomic mass is 10.1. The molecule has 0 saturated heterocycles. The van der Waals surface area contributed by atoms with Crippen LogP contribution >= 0.6 is 0 Å². The Kier molecular flexibility index (Phi) is 3.47. The Hall–Kier alpha value is -3.60. The fraction of sp³-hybridized carbons (Fsp3) is 0.0909. The summed E-state index contributed by atoms with van der Waals surface area (Å²) in [7, 11) is 0. The van der Waals surface area contributed by atoms with Gasteiger partial charge in [-0.15, -0.1) is 0 Å². The molecule has 0 fully saturated rings. The Morgan fingerprint density at radius 1 is 0.963 bits per heavy atom. The van der Waals surface area contributed by atoms with Crippen molar-refractivity contribution in [2.75, 3.05) is 5.32 Å². The molecule has 5 nitrogen and oxygen atoms in total. The highest BCUT2D eigenvalue weighted by Crippen LogP contribution is 2.33. The third-order valence-corrected chi connectivity index (χ3v) is 4.86. The van der Waals surface area contributed by atoms with Crippen molar-refractivity contribution in [1.82, 2.24) is 19.6 Å². The quantitative estimate of drug-likeness (QED) is 0.466. The lowest BCUT2D eigenvalue weighted by Crippen LogP contribution is -1.96. The maximum absolute atomic E-state index is 4.89. The van der Waals surface area contributed by atoms with Crippen molar-refractivity contribution >= 4 is 28.1 Å². The molecule has 132 valence electrons. The molecular formula is C22H19N5. The molecule has 0 aliphatic carbocycles. The number of rotatable bonds is 3. The van der Waals surface area contributed by atoms with Gasteiger partial charge in [0.2, 0.25) is 0 Å². The largest absolute Gasteiger partial charge is 0.339 e. The first-order valence-electron chi connectivity index (χ1n) is 8.95. The molecule has 5 rings (SSSR count). The van der Waals surface area contributed by atoms with E-state index in [1.165, 1.54) is 5.56 Å². The molecule has 5 heteroatoms. The minimum Gasteiger partial charge on any atom is -0.339 e. The summed E-state index contributed by atoms with van der Waals surface area (Å²) in [4.78, 5) is 4.89. The van der Waals surface area contributed by atoms with Crippen LogP contribution < -0.4 is 5.32 Å². The maximum Gasteiger partial charge on any atom is 0.143 e. The number of benzene rings is 2. The standard InChI is InChI=1S/C22H19N5/c1-14-6-9-17(10-7-14)23-22-21(24-20-5-3-4-12-27(20)22)16-8-11-19-18(13-16)15(2)25-26-19/h3-13,23H,1-2H3,(H,25,26). The van der Waals surface area contributed by atoms with Crippen LogP contribution in [0.5, 0.6) is 0 Å². The van der Waals surface area contributed by atoms with Crippen molar-refractivity contribution < 1.29 is 0 Å². The van der Waals surface area contributed by atoms with E-state index in [9.17, 15) is 0 Å². The van der Waals surface area contributed by atoms with E-state index >= 15 is 0 Å². The minimum atomic E-state index is 0.908. The topological polar surface area (TPSA) is 58.0 Å². The lowest BCUT2D eigenvalue weighted by molar-refractivity contribution is 1.07. The highest BCUT2D eigenvalue weighted by molar-refractivity contribution is 5.89. The molecule has 0 radical (unpaired) electrons. The second kappa shape index (κ2) is 5.99. The van der Waals surface area contributed by atoms with Crippen LogP contribution in [0.15, 0.2) is 66.9 Å². The van der Waals surface area contributed by atoms with Gasteiger partial charge < -0.3 is 5.32 Å². The number of anilines is 2. The molecule has 3 heterocycles. The molecule has 27 heavy (non-hydrogen) atoms. The van der Waals surface area contributed by atoms with Gasteiger partial charge in [-0.25, -0.2) is 4.98 Å². The monoisotopic (exact) mass is 353 g/mol. The summed E-state index contributed by atoms with van der Waals surface area (Å²) in [6.45, 7) is 4.13. The number of hydrogen-bond acceptors (Lipinski definition) is 3. The first-order chi connectivity index (χ1) is 13.2. The number of fused-ring (bicyclic) bond motifs is 2. The maximum atomic E-state index is 4.89. The van der Waals surface area contributed by atoms with E-state index in [1.54, 1.807) is 0 Å². The minimum absolute atomic E-state index is 0.908. The molecule has 2 aromatic carbocycles. The Balaban J connectivity index is 1.70. The first kappa shape index (κ1) is 15.6. The van der Waals surface area contributed by atoms with Gasteiger partial charge >= 0.3 is 0 Å². The second-order valence-electron chi connectivity index (χ2n) is 6.81. The zero-order valence-electron chi connectivity index (χ0n) is 15.2. The molecule has 0 atom stereocenters. The molecule has 0 bridgehead atoms. The number of aromatic amines is 1. The Morgan fingerprint density at radius 3 is 2.67 bits per heavy atom. The first-order valence-corrected chi connectivity index (χ1v) is 8.95. The summed E-state index contributed by atoms with van der Waals surface area (Å²) in [5, 5.41) is 12.0. The van der Waals surface area contributed by atoms with Crippen molar-refractivity contribution in [2.45, 2.75) is 13.8 Å². The highest BCUT2D eigenvalue weighted by Gasteiger charge is 2.15. The summed E-state index contributed by atoms with van der Waals surface area (Å²) >= 11 is 0. The summed E-state index contributed by atoms with van der Waals surface area (Å²) in [6.07, 6.45) is 2.03. The predicted molar refractivity (Wildman–Crippen MR) is 109 cm³/mol. The second-order valence-corrected chi connectivity index (χ2v) is 6.81. The normalized spacial score (nSPS) is 11.3. The summed E-state index contributed by atoms with van der Waals surface area (Å²) in [6, 6.07) is 20.7. The van der Waals surface area contributed by atoms with Crippen LogP contribution in [-0.2, 0) is 0 Å². The van der Waals surface area contributed by atoms with E-state index in [-0.39, 0.29) is 0 Å². The Labute approximate surface area is 156 Å². The number of hydrogen-bond donors (Lipinski definition) is 2. The highest BCUT2D eigenvalue weighted by atomic mass is 15.1. The zero-order valence-corrected chi connectivity index (χ0v) is 15.2. The van der Waals surface area contributed by atoms with Gasteiger partial charge in [-0.05, 0) is 50.2 Å². The van der Waals surface area contributed by atoms with E-state index in [2.05, 4.69) is 63.2 Å². The van der Waals surface area contributed by atoms with Gasteiger partial charge in [0.15, 0.2) is 0 Å². The van der Waals surface area contributed by atoms with Crippen LogP contribution in [0.2, 0.25) is 0 Å². The van der Waals surface area contributed by atoms with Crippen LogP contribution in [0.1, 0.15) is 11.3 Å². The van der Waals surface area contributed by atoms with Gasteiger partial charge in [0, 0.05) is 28.5 Å². The molecular weight excluding hydrogens is 334 g/mol. The third kappa shape index (κ3) is 2.64. The predicted octanol–water partition coefficient (Wildman–Crippen LogP) is 5.24. The van der Waals surface area contributed by atoms with Gasteiger partial charge in [0.1, 0.15) is 17.2 Å². The molecule has 0 saturated carbocycles. The van der Waals surface area contributed by atoms with Crippen molar-refractivity contribution in [1.29, 1.82) is 0 Å². The molecule has 0 aliphatic heterocycles. The fourth-order valence-electron chi connectivity index (χ4n) is 3.38. The van der Waals surface area contributed by atoms with Gasteiger partial charge in [0.25, 0.3) is 0 Å². The van der Waals surface area contributed by atoms with Crippen LogP contribution in [0.3, 0.4) is 0 Å². The van der Waals surface area contributed by atoms with E-state index < -0.39 is 0 Å². The molecule has 2 N–H and O–H groups in total. The average Bonchev–Trinajstić information content (AvgIpc) is 3.24. The smallest absolute Gasteiger partial charge is 0.143 e. The van der Waals surface area contributed by atoms with Gasteiger partial charge in [-0.1, -0.05) is 29.8 Å².